The van der Waals surface area contributed by atoms with E-state index in [-0.39, 0.29) is 12.5 Å². The minimum atomic E-state index is -0.968. The van der Waals surface area contributed by atoms with Gasteiger partial charge in [-0.15, -0.1) is 0 Å². The molecular formula is C13H18N2O4. The number of nitrogens with one attached hydrogen (secondary N) is 1. The summed E-state index contributed by atoms with van der Waals surface area (Å²) in [6.45, 7) is 1.28. The molecule has 1 saturated heterocycles. The van der Waals surface area contributed by atoms with Gasteiger partial charge in [-0.3, -0.25) is 19.8 Å². The molecule has 0 unspecified atom stereocenters. The third-order valence-corrected chi connectivity index (χ3v) is 4.27. The number of ether oxygens (including phenoxy) is 1. The van der Waals surface area contributed by atoms with Crippen LogP contribution in [0.25, 0.3) is 0 Å². The molecule has 0 aromatic carbocycles. The Morgan fingerprint density at radius 3 is 2.58 bits per heavy atom. The summed E-state index contributed by atoms with van der Waals surface area (Å²) in [5, 5.41) is 2.29. The van der Waals surface area contributed by atoms with E-state index in [9.17, 15) is 14.4 Å². The van der Waals surface area contributed by atoms with Crippen LogP contribution in [0, 0.1) is 11.3 Å². The number of urea groups is 1. The average molecular weight is 266 g/mol. The van der Waals surface area contributed by atoms with Crippen molar-refractivity contribution < 1.29 is 19.1 Å². The van der Waals surface area contributed by atoms with Crippen molar-refractivity contribution in [2.45, 2.75) is 32.1 Å². The molecule has 0 bridgehead atoms. The zero-order valence-corrected chi connectivity index (χ0v) is 10.8. The van der Waals surface area contributed by atoms with Crippen LogP contribution in [-0.4, -0.2) is 42.5 Å². The highest BCUT2D eigenvalue weighted by Gasteiger charge is 2.57. The lowest BCUT2D eigenvalue weighted by Crippen LogP contribution is -2.66. The average Bonchev–Trinajstić information content (AvgIpc) is 3.09. The third-order valence-electron chi connectivity index (χ3n) is 4.27. The molecule has 4 amide bonds. The topological polar surface area (TPSA) is 75.7 Å². The van der Waals surface area contributed by atoms with Crippen molar-refractivity contribution in [1.29, 1.82) is 0 Å². The molecule has 3 fully saturated rings. The molecule has 0 aromatic heterocycles. The van der Waals surface area contributed by atoms with Crippen LogP contribution in [0.15, 0.2) is 0 Å². The Hall–Kier alpha value is -1.43. The van der Waals surface area contributed by atoms with E-state index in [2.05, 4.69) is 5.32 Å². The van der Waals surface area contributed by atoms with Crippen molar-refractivity contribution in [1.82, 2.24) is 10.2 Å². The first-order valence-corrected chi connectivity index (χ1v) is 6.89. The number of carbonyl (C=O) groups excluding carboxylic acids is 3. The standard InChI is InChI=1S/C13H18N2O4/c16-10-13(4-1-5-13)11(17)15(12(18)14-10)6-7-19-8-9-2-3-9/h9H,1-8H2,(H,14,16,18). The maximum Gasteiger partial charge on any atom is 0.330 e. The molecule has 19 heavy (non-hydrogen) atoms. The van der Waals surface area contributed by atoms with Crippen molar-refractivity contribution in [3.63, 3.8) is 0 Å². The van der Waals surface area contributed by atoms with Crippen LogP contribution in [-0.2, 0) is 14.3 Å². The number of amides is 4. The van der Waals surface area contributed by atoms with E-state index in [1.54, 1.807) is 0 Å². The summed E-state index contributed by atoms with van der Waals surface area (Å²) < 4.78 is 5.44. The molecular weight excluding hydrogens is 248 g/mol. The minimum Gasteiger partial charge on any atom is -0.379 e. The van der Waals surface area contributed by atoms with E-state index in [0.717, 1.165) is 11.3 Å². The van der Waals surface area contributed by atoms with Crippen LogP contribution in [0.4, 0.5) is 4.79 Å². The predicted octanol–water partition coefficient (Wildman–Crippen LogP) is 0.662. The number of barbiturate groups is 1. The van der Waals surface area contributed by atoms with Crippen LogP contribution < -0.4 is 5.32 Å². The lowest BCUT2D eigenvalue weighted by molar-refractivity contribution is -0.158. The van der Waals surface area contributed by atoms with Crippen LogP contribution in [0.3, 0.4) is 0 Å². The molecule has 3 rings (SSSR count). The van der Waals surface area contributed by atoms with Gasteiger partial charge in [0.05, 0.1) is 13.2 Å². The first kappa shape index (κ1) is 12.6. The second-order valence-electron chi connectivity index (χ2n) is 5.67. The van der Waals surface area contributed by atoms with E-state index in [4.69, 9.17) is 4.74 Å². The molecule has 1 spiro atoms. The van der Waals surface area contributed by atoms with Crippen molar-refractivity contribution >= 4 is 17.8 Å². The second kappa shape index (κ2) is 4.59. The molecule has 3 aliphatic rings. The molecule has 104 valence electrons. The number of rotatable bonds is 5. The van der Waals surface area contributed by atoms with Gasteiger partial charge in [0.1, 0.15) is 5.41 Å². The lowest BCUT2D eigenvalue weighted by atomic mass is 9.66. The van der Waals surface area contributed by atoms with Gasteiger partial charge in [-0.2, -0.15) is 0 Å². The Morgan fingerprint density at radius 1 is 1.26 bits per heavy atom. The molecule has 6 heteroatoms. The Kier molecular flexibility index (Phi) is 3.05. The van der Waals surface area contributed by atoms with Gasteiger partial charge in [0.2, 0.25) is 11.8 Å². The van der Waals surface area contributed by atoms with E-state index >= 15 is 0 Å². The molecule has 1 aliphatic heterocycles. The van der Waals surface area contributed by atoms with Gasteiger partial charge in [-0.1, -0.05) is 6.42 Å². The Balaban J connectivity index is 1.57. The summed E-state index contributed by atoms with van der Waals surface area (Å²) in [6, 6.07) is -0.609. The summed E-state index contributed by atoms with van der Waals surface area (Å²) in [5.74, 6) is -0.114. The highest BCUT2D eigenvalue weighted by atomic mass is 16.5. The van der Waals surface area contributed by atoms with E-state index in [1.165, 1.54) is 12.8 Å². The molecule has 2 aliphatic carbocycles. The highest BCUT2D eigenvalue weighted by molar-refractivity contribution is 6.19. The summed E-state index contributed by atoms with van der Waals surface area (Å²) in [7, 11) is 0. The van der Waals surface area contributed by atoms with Crippen LogP contribution in [0.1, 0.15) is 32.1 Å². The quantitative estimate of drug-likeness (QED) is 0.586. The van der Waals surface area contributed by atoms with Crippen LogP contribution in [0.5, 0.6) is 0 Å². The Bertz CT molecular complexity index is 426. The van der Waals surface area contributed by atoms with E-state index < -0.39 is 17.4 Å². The number of hydrogen-bond acceptors (Lipinski definition) is 4. The van der Waals surface area contributed by atoms with Crippen LogP contribution in [0.2, 0.25) is 0 Å². The predicted molar refractivity (Wildman–Crippen MR) is 65.1 cm³/mol. The molecule has 0 aromatic rings. The largest absolute Gasteiger partial charge is 0.379 e. The first-order valence-electron chi connectivity index (χ1n) is 6.89. The number of nitrogens with zero attached hydrogens (tertiary/aromatic N) is 1. The second-order valence-corrected chi connectivity index (χ2v) is 5.67. The SMILES string of the molecule is O=C1NC(=O)C2(CCC2)C(=O)N1CCOCC1CC1. The summed E-state index contributed by atoms with van der Waals surface area (Å²) in [6.07, 6.45) is 4.37. The number of imide groups is 2. The highest BCUT2D eigenvalue weighted by Crippen LogP contribution is 2.44. The van der Waals surface area contributed by atoms with Gasteiger partial charge in [-0.25, -0.2) is 4.79 Å². The maximum absolute atomic E-state index is 12.3. The van der Waals surface area contributed by atoms with Crippen LogP contribution >= 0.6 is 0 Å². The van der Waals surface area contributed by atoms with E-state index in [1.807, 2.05) is 0 Å². The van der Waals surface area contributed by atoms with Gasteiger partial charge < -0.3 is 4.74 Å². The van der Waals surface area contributed by atoms with Gasteiger partial charge in [0, 0.05) is 6.61 Å². The Labute approximate surface area is 111 Å². The van der Waals surface area contributed by atoms with E-state index in [0.29, 0.717) is 32.0 Å². The van der Waals surface area contributed by atoms with Gasteiger partial charge in [0.25, 0.3) is 0 Å². The zero-order valence-electron chi connectivity index (χ0n) is 10.8. The fraction of sp³-hybridized carbons (Fsp3) is 0.769. The van der Waals surface area contributed by atoms with Crippen molar-refractivity contribution in [2.24, 2.45) is 11.3 Å². The Morgan fingerprint density at radius 2 is 2.00 bits per heavy atom. The molecule has 2 saturated carbocycles. The third kappa shape index (κ3) is 2.14. The molecule has 0 radical (unpaired) electrons. The summed E-state index contributed by atoms with van der Waals surface area (Å²) in [4.78, 5) is 36.9. The summed E-state index contributed by atoms with van der Waals surface area (Å²) >= 11 is 0. The lowest BCUT2D eigenvalue weighted by Gasteiger charge is -2.44. The molecule has 6 nitrogen and oxygen atoms in total. The van der Waals surface area contributed by atoms with Gasteiger partial charge in [0.15, 0.2) is 0 Å². The zero-order chi connectivity index (χ0) is 13.5. The maximum atomic E-state index is 12.3. The molecule has 0 atom stereocenters. The number of carbonyl (C=O) groups is 3. The molecule has 1 heterocycles. The molecule has 1 N–H and O–H groups in total. The van der Waals surface area contributed by atoms with Gasteiger partial charge in [-0.05, 0) is 31.6 Å². The summed E-state index contributed by atoms with van der Waals surface area (Å²) in [5.41, 5.74) is -0.968. The number of hydrogen-bond donors (Lipinski definition) is 1. The smallest absolute Gasteiger partial charge is 0.330 e. The van der Waals surface area contributed by atoms with Crippen molar-refractivity contribution in [3.8, 4) is 0 Å². The minimum absolute atomic E-state index is 0.229. The normalized spacial score (nSPS) is 25.5. The van der Waals surface area contributed by atoms with Gasteiger partial charge >= 0.3 is 6.03 Å². The van der Waals surface area contributed by atoms with Crippen molar-refractivity contribution in [2.75, 3.05) is 19.8 Å². The first-order chi connectivity index (χ1) is 9.13. The van der Waals surface area contributed by atoms with Crippen molar-refractivity contribution in [3.05, 3.63) is 0 Å². The monoisotopic (exact) mass is 266 g/mol. The fourth-order valence-corrected chi connectivity index (χ4v) is 2.60. The fourth-order valence-electron chi connectivity index (χ4n) is 2.60.